The molecule has 0 aliphatic rings. The molecule has 0 saturated carbocycles. The highest BCUT2D eigenvalue weighted by molar-refractivity contribution is 6.31. The van der Waals surface area contributed by atoms with Crippen molar-refractivity contribution in [3.8, 4) is 0 Å². The Morgan fingerprint density at radius 3 is 1.42 bits per heavy atom. The Morgan fingerprint density at radius 2 is 1.02 bits per heavy atom. The molecule has 0 aliphatic carbocycles. The lowest BCUT2D eigenvalue weighted by Crippen LogP contribution is -2.18. The highest BCUT2D eigenvalue weighted by Crippen LogP contribution is 2.29. The van der Waals surface area contributed by atoms with Crippen molar-refractivity contribution in [2.24, 2.45) is 33.9 Å². The van der Waals surface area contributed by atoms with Gasteiger partial charge in [0.2, 0.25) is 0 Å². The monoisotopic (exact) mass is 737 g/mol. The maximum absolute atomic E-state index is 13.0. The van der Waals surface area contributed by atoms with Gasteiger partial charge >= 0.3 is 0 Å². The Balaban J connectivity index is 0.000000548. The first-order chi connectivity index (χ1) is 31.2. The third kappa shape index (κ3) is 17.8. The van der Waals surface area contributed by atoms with Crippen LogP contribution in [0.5, 0.6) is 0 Å². The molecule has 3 rings (SSSR count). The van der Waals surface area contributed by atoms with E-state index in [-0.39, 0.29) is 28.8 Å². The van der Waals surface area contributed by atoms with Gasteiger partial charge in [0.25, 0.3) is 0 Å². The highest BCUT2D eigenvalue weighted by atomic mass is 35.5. The van der Waals surface area contributed by atoms with E-state index in [1.54, 1.807) is 32.0 Å². The molecule has 2 unspecified atom stereocenters. The van der Waals surface area contributed by atoms with E-state index in [0.29, 0.717) is 10.6 Å². The van der Waals surface area contributed by atoms with Gasteiger partial charge in [-0.15, -0.1) is 0 Å². The third-order valence-electron chi connectivity index (χ3n) is 5.93. The first-order valence-corrected chi connectivity index (χ1v) is 15.8. The normalized spacial score (nSPS) is 23.5. The zero-order valence-electron chi connectivity index (χ0n) is 51.3. The second kappa shape index (κ2) is 19.1. The lowest BCUT2D eigenvalue weighted by Gasteiger charge is -2.22. The fourth-order valence-electron chi connectivity index (χ4n) is 4.27. The lowest BCUT2D eigenvalue weighted by atomic mass is 9.82. The molecule has 0 radical (unpaired) electrons. The van der Waals surface area contributed by atoms with Crippen LogP contribution in [-0.4, -0.2) is 17.3 Å². The van der Waals surface area contributed by atoms with Crippen LogP contribution in [0.1, 0.15) is 165 Å². The number of hydrogen-bond donors (Lipinski definition) is 0. The van der Waals surface area contributed by atoms with E-state index in [1.807, 2.05) is 20.8 Å². The van der Waals surface area contributed by atoms with Crippen LogP contribution in [0.15, 0.2) is 72.6 Å². The van der Waals surface area contributed by atoms with Crippen molar-refractivity contribution in [1.82, 2.24) is 0 Å². The van der Waals surface area contributed by atoms with Gasteiger partial charge in [-0.3, -0.25) is 14.4 Å². The minimum Gasteiger partial charge on any atom is -0.294 e. The fraction of sp³-hybridized carbons (Fsp3) is 0.500. The SMILES string of the molecule is [2H]C([2H])([2H])C(C)(C)C[C@@]([2H])(C)C(=O)c1cccc(Cl)c1.[2H]c1c([2H])c(Cl)c([2H])c(C(=O)C([2H])(C)CC(C([2H])([2H])[2H])(C([2H])([2H])[2H])C([2H])([2H])[2H])c1[2H].[2H]c1c([2H])c(Cl)c([2H])c(C(=O)C([2H])(C)CC(C)(C)C)c1[2H]. The van der Waals surface area contributed by atoms with Crippen LogP contribution < -0.4 is 0 Å². The number of carbonyl (C=O) groups excluding carboxylic acids is 3. The molecule has 3 nitrogen and oxygen atoms in total. The summed E-state index contributed by atoms with van der Waals surface area (Å²) in [5, 5.41) is -0.573. The molecule has 48 heavy (non-hydrogen) atoms. The predicted molar refractivity (Wildman–Crippen MR) is 207 cm³/mol. The minimum absolute atomic E-state index is 0.0537. The van der Waals surface area contributed by atoms with Crippen molar-refractivity contribution in [1.29, 1.82) is 0 Å². The second-order valence-electron chi connectivity index (χ2n) is 13.1. The number of ketones is 3. The summed E-state index contributed by atoms with van der Waals surface area (Å²) in [6.07, 6.45) is -1.29. The zero-order chi connectivity index (χ0) is 56.8. The molecule has 0 bridgehead atoms. The third-order valence-corrected chi connectivity index (χ3v) is 6.54. The summed E-state index contributed by atoms with van der Waals surface area (Å²) in [7, 11) is 0. The molecule has 6 heteroatoms. The Hall–Kier alpha value is -2.46. The Bertz CT molecular complexity index is 2390. The van der Waals surface area contributed by atoms with Crippen LogP contribution in [0, 0.1) is 33.9 Å². The molecule has 0 aliphatic heterocycles. The van der Waals surface area contributed by atoms with Crippen LogP contribution in [-0.2, 0) is 0 Å². The van der Waals surface area contributed by atoms with Gasteiger partial charge in [-0.05, 0) is 71.8 Å². The van der Waals surface area contributed by atoms with Gasteiger partial charge in [0.05, 0.1) is 11.0 Å². The van der Waals surface area contributed by atoms with E-state index in [9.17, 15) is 14.4 Å². The maximum atomic E-state index is 13.0. The van der Waals surface area contributed by atoms with Gasteiger partial charge in [0.1, 0.15) is 0 Å². The van der Waals surface area contributed by atoms with E-state index in [0.717, 1.165) is 6.92 Å². The molecule has 3 aromatic carbocycles. The van der Waals surface area contributed by atoms with Gasteiger partial charge in [0.15, 0.2) is 17.3 Å². The number of rotatable bonds is 9. The summed E-state index contributed by atoms with van der Waals surface area (Å²) in [5.74, 6) is -8.34. The van der Waals surface area contributed by atoms with Crippen LogP contribution in [0.25, 0.3) is 0 Å². The summed E-state index contributed by atoms with van der Waals surface area (Å²) in [6.45, 7) is -0.674. The maximum Gasteiger partial charge on any atom is 0.165 e. The van der Waals surface area contributed by atoms with E-state index in [4.69, 9.17) is 66.3 Å². The van der Waals surface area contributed by atoms with E-state index in [1.165, 1.54) is 19.9 Å². The summed E-state index contributed by atoms with van der Waals surface area (Å²) < 4.78 is 178. The van der Waals surface area contributed by atoms with Gasteiger partial charge in [-0.25, -0.2) is 0 Å². The van der Waals surface area contributed by atoms with Crippen molar-refractivity contribution in [3.63, 3.8) is 0 Å². The van der Waals surface area contributed by atoms with Gasteiger partial charge in [-0.1, -0.05) is 154 Å². The molecule has 0 fully saturated rings. The summed E-state index contributed by atoms with van der Waals surface area (Å²) in [5.41, 5.74) is -5.77. The van der Waals surface area contributed by atoms with E-state index in [2.05, 4.69) is 0 Å². The Kier molecular flexibility index (Phi) is 7.64. The van der Waals surface area contributed by atoms with E-state index < -0.39 is 139 Å². The van der Waals surface area contributed by atoms with Crippen molar-refractivity contribution in [2.75, 3.05) is 0 Å². The van der Waals surface area contributed by atoms with Crippen molar-refractivity contribution in [2.45, 2.75) is 102 Å². The largest absolute Gasteiger partial charge is 0.294 e. The molecule has 0 heterocycles. The first kappa shape index (κ1) is 19.2. The van der Waals surface area contributed by atoms with Gasteiger partial charge < -0.3 is 0 Å². The zero-order valence-corrected chi connectivity index (χ0v) is 30.6. The fourth-order valence-corrected chi connectivity index (χ4v) is 4.74. The molecular weight excluding hydrogens is 659 g/mol. The summed E-state index contributed by atoms with van der Waals surface area (Å²) in [4.78, 5) is 38.0. The molecule has 0 aromatic heterocycles. The number of hydrogen-bond acceptors (Lipinski definition) is 3. The molecule has 0 N–H and O–H groups in total. The standard InChI is InChI=1S/3C14H19ClO/c3*1-10(9-14(2,3)4)13(16)11-6-5-7-12(15)8-11/h3*5-8,10H,9H2,1-4H3/t10-;;/m1../s1/i2D3,10D;2D3,3D3,4D3,5D,6D,7D,8D,10D;5D,6D,7D,8D,10D. The topological polar surface area (TPSA) is 51.2 Å². The van der Waals surface area contributed by atoms with Crippen LogP contribution in [0.4, 0.5) is 0 Å². The number of benzene rings is 3. The summed E-state index contributed by atoms with van der Waals surface area (Å²) >= 11 is 17.4. The van der Waals surface area contributed by atoms with Crippen molar-refractivity contribution in [3.05, 3.63) is 104 Å². The Morgan fingerprint density at radius 1 is 0.625 bits per heavy atom. The average molecular weight is 739 g/mol. The Labute approximate surface area is 338 Å². The second-order valence-corrected chi connectivity index (χ2v) is 14.3. The molecule has 0 saturated heterocycles. The molecule has 264 valence electrons. The number of Topliss-reactive ketones (excluding diaryl/α,β-unsaturated/α-hetero) is 3. The molecule has 3 aromatic rings. The van der Waals surface area contributed by atoms with E-state index >= 15 is 0 Å². The van der Waals surface area contributed by atoms with Crippen LogP contribution in [0.2, 0.25) is 15.1 Å². The van der Waals surface area contributed by atoms with Crippen molar-refractivity contribution < 1.29 is 45.9 Å². The van der Waals surface area contributed by atoms with Crippen LogP contribution in [0.3, 0.4) is 0 Å². The van der Waals surface area contributed by atoms with Crippen molar-refractivity contribution >= 4 is 52.2 Å². The average Bonchev–Trinajstić information content (AvgIpc) is 3.17. The molecule has 0 amide bonds. The molecule has 3 atom stereocenters. The first-order valence-electron chi connectivity index (χ1n) is 26.1. The number of halogens is 3. The predicted octanol–water partition coefficient (Wildman–Crippen LogP) is 13.8. The van der Waals surface area contributed by atoms with Crippen LogP contribution >= 0.6 is 34.8 Å². The quantitative estimate of drug-likeness (QED) is 0.205. The van der Waals surface area contributed by atoms with Gasteiger partial charge in [0, 0.05) is 70.0 Å². The lowest BCUT2D eigenvalue weighted by molar-refractivity contribution is 0.0891. The minimum atomic E-state index is -3.64. The smallest absolute Gasteiger partial charge is 0.165 e. The summed E-state index contributed by atoms with van der Waals surface area (Å²) in [6, 6.07) is 1.15. The molecule has 0 spiro atoms. The number of carbonyl (C=O) groups is 3. The highest BCUT2D eigenvalue weighted by Gasteiger charge is 2.24. The molecular formula is C42H57Cl3O3. The van der Waals surface area contributed by atoms with Gasteiger partial charge in [-0.2, -0.15) is 0 Å².